The number of rotatable bonds is 1. The van der Waals surface area contributed by atoms with E-state index in [2.05, 4.69) is 0 Å². The van der Waals surface area contributed by atoms with Gasteiger partial charge < -0.3 is 19.2 Å². The molecule has 3 aliphatic rings. The summed E-state index contributed by atoms with van der Waals surface area (Å²) in [5.74, 6) is 0. The second-order valence-electron chi connectivity index (χ2n) is 4.64. The summed E-state index contributed by atoms with van der Waals surface area (Å²) in [6.07, 6.45) is 1.85. The lowest BCUT2D eigenvalue weighted by Gasteiger charge is -2.50. The molecule has 4 nitrogen and oxygen atoms in total. The minimum Gasteiger partial charge on any atom is -0.432 e. The van der Waals surface area contributed by atoms with Crippen molar-refractivity contribution < 1.29 is 19.2 Å². The molecule has 3 aliphatic heterocycles. The van der Waals surface area contributed by atoms with Crippen LogP contribution < -0.4 is 0 Å². The average Bonchev–Trinajstić information content (AvgIpc) is 2.04. The average molecular weight is 220 g/mol. The highest BCUT2D eigenvalue weighted by Gasteiger charge is 2.61. The zero-order chi connectivity index (χ0) is 9.74. The van der Waals surface area contributed by atoms with Gasteiger partial charge in [0.05, 0.1) is 0 Å². The maximum atomic E-state index is 10.0. The van der Waals surface area contributed by atoms with Gasteiger partial charge in [0, 0.05) is 5.04 Å². The van der Waals surface area contributed by atoms with Gasteiger partial charge >= 0.3 is 8.80 Å². The van der Waals surface area contributed by atoms with Crippen LogP contribution in [0.15, 0.2) is 0 Å². The first-order valence-corrected chi connectivity index (χ1v) is 9.18. The Morgan fingerprint density at radius 1 is 0.923 bits per heavy atom. The Morgan fingerprint density at radius 2 is 1.31 bits per heavy atom. The molecule has 0 atom stereocenters. The van der Waals surface area contributed by atoms with E-state index in [-0.39, 0.29) is 0 Å². The van der Waals surface area contributed by atoms with Crippen LogP contribution >= 0.6 is 0 Å². The van der Waals surface area contributed by atoms with Gasteiger partial charge in [-0.3, -0.25) is 0 Å². The van der Waals surface area contributed by atoms with Gasteiger partial charge in [0.15, 0.2) is 8.32 Å². The second kappa shape index (κ2) is 2.65. The Kier molecular flexibility index (Phi) is 2.00. The van der Waals surface area contributed by atoms with Crippen LogP contribution in [0.1, 0.15) is 19.3 Å². The number of hydrogen-bond donors (Lipinski definition) is 4. The third kappa shape index (κ3) is 1.41. The first-order valence-electron chi connectivity index (χ1n) is 4.77. The Balaban J connectivity index is 2.20. The largest absolute Gasteiger partial charge is 0.499 e. The molecule has 0 spiro atoms. The van der Waals surface area contributed by atoms with Crippen LogP contribution in [0.25, 0.3) is 0 Å². The molecule has 0 radical (unpaired) electrons. The normalized spacial score (nSPS) is 45.2. The van der Waals surface area contributed by atoms with Crippen LogP contribution in [0.4, 0.5) is 0 Å². The molecule has 3 saturated heterocycles. The van der Waals surface area contributed by atoms with Crippen molar-refractivity contribution in [3.63, 3.8) is 0 Å². The maximum Gasteiger partial charge on any atom is 0.499 e. The summed E-state index contributed by atoms with van der Waals surface area (Å²) >= 11 is 0. The highest BCUT2D eigenvalue weighted by Crippen LogP contribution is 2.59. The zero-order valence-corrected chi connectivity index (χ0v) is 9.53. The predicted octanol–water partition coefficient (Wildman–Crippen LogP) is -0.222. The summed E-state index contributed by atoms with van der Waals surface area (Å²) in [5, 5.41) is -0.621. The van der Waals surface area contributed by atoms with Crippen LogP contribution in [0, 0.1) is 0 Å². The summed E-state index contributed by atoms with van der Waals surface area (Å²) < 4.78 is 0. The van der Waals surface area contributed by atoms with Crippen molar-refractivity contribution in [2.75, 3.05) is 0 Å². The number of hydrogen-bond acceptors (Lipinski definition) is 4. The SMILES string of the molecule is O[Si]12CCC([Si](O)(O)O)(CC1)CC2. The monoisotopic (exact) mass is 220 g/mol. The van der Waals surface area contributed by atoms with E-state index >= 15 is 0 Å². The van der Waals surface area contributed by atoms with Crippen LogP contribution in [0.2, 0.25) is 23.2 Å². The molecule has 3 fully saturated rings. The molecular formula is C7H16O4Si2. The third-order valence-corrected chi connectivity index (χ3v) is 9.63. The molecule has 13 heavy (non-hydrogen) atoms. The van der Waals surface area contributed by atoms with E-state index in [4.69, 9.17) is 0 Å². The lowest BCUT2D eigenvalue weighted by Crippen LogP contribution is -2.58. The maximum absolute atomic E-state index is 10.0. The minimum absolute atomic E-state index is 0.617. The molecule has 0 amide bonds. The Labute approximate surface area is 79.3 Å². The van der Waals surface area contributed by atoms with Crippen molar-refractivity contribution in [3.05, 3.63) is 0 Å². The van der Waals surface area contributed by atoms with E-state index in [1.54, 1.807) is 0 Å². The van der Waals surface area contributed by atoms with Crippen LogP contribution in [-0.4, -0.2) is 36.3 Å². The lowest BCUT2D eigenvalue weighted by atomic mass is 9.97. The van der Waals surface area contributed by atoms with Crippen LogP contribution in [0.3, 0.4) is 0 Å². The lowest BCUT2D eigenvalue weighted by molar-refractivity contribution is 0.153. The molecule has 0 aromatic carbocycles. The molecule has 3 rings (SSSR count). The van der Waals surface area contributed by atoms with E-state index in [0.717, 1.165) is 18.1 Å². The van der Waals surface area contributed by atoms with Gasteiger partial charge in [-0.2, -0.15) is 0 Å². The third-order valence-electron chi connectivity index (χ3n) is 3.92. The molecular weight excluding hydrogens is 204 g/mol. The smallest absolute Gasteiger partial charge is 0.432 e. The molecule has 0 saturated carbocycles. The molecule has 2 bridgehead atoms. The first-order chi connectivity index (χ1) is 5.87. The van der Waals surface area contributed by atoms with Crippen molar-refractivity contribution in [1.29, 1.82) is 0 Å². The van der Waals surface area contributed by atoms with Gasteiger partial charge in [0.1, 0.15) is 0 Å². The van der Waals surface area contributed by atoms with E-state index in [1.165, 1.54) is 0 Å². The van der Waals surface area contributed by atoms with E-state index in [0.29, 0.717) is 19.3 Å². The molecule has 3 heterocycles. The molecule has 0 aromatic rings. The topological polar surface area (TPSA) is 80.9 Å². The van der Waals surface area contributed by atoms with E-state index < -0.39 is 22.2 Å². The summed E-state index contributed by atoms with van der Waals surface area (Å²) in [7, 11) is -5.97. The summed E-state index contributed by atoms with van der Waals surface area (Å²) in [5.41, 5.74) is 0. The molecule has 0 aliphatic carbocycles. The summed E-state index contributed by atoms with van der Waals surface area (Å²) in [6.45, 7) is 0. The molecule has 0 aromatic heterocycles. The highest BCUT2D eigenvalue weighted by atomic mass is 28.4. The van der Waals surface area contributed by atoms with Gasteiger partial charge in [-0.1, -0.05) is 0 Å². The van der Waals surface area contributed by atoms with Gasteiger partial charge in [0.25, 0.3) is 0 Å². The van der Waals surface area contributed by atoms with Gasteiger partial charge in [-0.25, -0.2) is 0 Å². The predicted molar refractivity (Wildman–Crippen MR) is 51.3 cm³/mol. The Hall–Kier alpha value is 0.274. The van der Waals surface area contributed by atoms with Crippen molar-refractivity contribution in [1.82, 2.24) is 0 Å². The van der Waals surface area contributed by atoms with Crippen molar-refractivity contribution >= 4 is 17.1 Å². The minimum atomic E-state index is -3.99. The highest BCUT2D eigenvalue weighted by molar-refractivity contribution is 6.74. The van der Waals surface area contributed by atoms with E-state index in [9.17, 15) is 19.2 Å². The fraction of sp³-hybridized carbons (Fsp3) is 1.00. The van der Waals surface area contributed by atoms with Gasteiger partial charge in [-0.15, -0.1) is 0 Å². The fourth-order valence-corrected chi connectivity index (χ4v) is 8.38. The number of fused-ring (bicyclic) bond motifs is 3. The standard InChI is InChI=1S/C7H16O4Si2/c8-12-4-1-7(2-5-12,3-6-12)13(9,10)11/h8-11H,1-6H2. The fourth-order valence-electron chi connectivity index (χ4n) is 2.67. The van der Waals surface area contributed by atoms with Crippen molar-refractivity contribution in [2.24, 2.45) is 0 Å². The summed E-state index contributed by atoms with van der Waals surface area (Å²) in [6, 6.07) is 2.22. The van der Waals surface area contributed by atoms with Crippen LogP contribution in [-0.2, 0) is 0 Å². The Morgan fingerprint density at radius 3 is 1.62 bits per heavy atom. The summed E-state index contributed by atoms with van der Waals surface area (Å²) in [4.78, 5) is 38.2. The van der Waals surface area contributed by atoms with Crippen LogP contribution in [0.5, 0.6) is 0 Å². The molecule has 6 heteroatoms. The Bertz CT molecular complexity index is 200. The molecule has 76 valence electrons. The van der Waals surface area contributed by atoms with E-state index in [1.807, 2.05) is 0 Å². The van der Waals surface area contributed by atoms with Crippen molar-refractivity contribution in [3.8, 4) is 0 Å². The van der Waals surface area contributed by atoms with Crippen molar-refractivity contribution in [2.45, 2.75) is 42.4 Å². The molecule has 4 N–H and O–H groups in total. The second-order valence-corrected chi connectivity index (χ2v) is 10.9. The quantitative estimate of drug-likeness (QED) is 0.461. The van der Waals surface area contributed by atoms with Gasteiger partial charge in [-0.05, 0) is 37.4 Å². The zero-order valence-electron chi connectivity index (χ0n) is 7.53. The molecule has 0 unspecified atom stereocenters. The first kappa shape index (κ1) is 9.81. The van der Waals surface area contributed by atoms with Gasteiger partial charge in [0.2, 0.25) is 0 Å².